The van der Waals surface area contributed by atoms with E-state index < -0.39 is 7.92 Å². The summed E-state index contributed by atoms with van der Waals surface area (Å²) in [5.41, 5.74) is 0. The summed E-state index contributed by atoms with van der Waals surface area (Å²) in [4.78, 5) is 0. The van der Waals surface area contributed by atoms with Crippen molar-refractivity contribution in [3.63, 3.8) is 0 Å². The molecule has 20 heavy (non-hydrogen) atoms. The maximum atomic E-state index is 3.39. The average Bonchev–Trinajstić information content (AvgIpc) is 2.51. The molecule has 0 spiro atoms. The molecule has 0 aliphatic carbocycles. The van der Waals surface area contributed by atoms with Crippen molar-refractivity contribution >= 4 is 23.8 Å². The normalized spacial score (nSPS) is 10.1. The molecule has 2 heteroatoms. The van der Waals surface area contributed by atoms with E-state index in [0.717, 1.165) is 0 Å². The summed E-state index contributed by atoms with van der Waals surface area (Å²) < 4.78 is 0. The molecule has 1 radical (unpaired) electrons. The van der Waals surface area contributed by atoms with Crippen molar-refractivity contribution in [3.05, 3.63) is 91.0 Å². The van der Waals surface area contributed by atoms with Crippen molar-refractivity contribution in [3.8, 4) is 0 Å². The molecule has 0 heterocycles. The molecule has 0 aliphatic heterocycles. The van der Waals surface area contributed by atoms with Crippen LogP contribution in [0.25, 0.3) is 0 Å². The van der Waals surface area contributed by atoms with Crippen molar-refractivity contribution < 1.29 is 20.1 Å². The predicted octanol–water partition coefficient (Wildman–Crippen LogP) is 3.24. The largest absolute Gasteiger partial charge is 0.176 e. The van der Waals surface area contributed by atoms with Gasteiger partial charge in [0.1, 0.15) is 0 Å². The first-order valence-corrected chi connectivity index (χ1v) is 7.66. The van der Waals surface area contributed by atoms with E-state index in [1.165, 1.54) is 15.9 Å². The number of hydrogen-bond acceptors (Lipinski definition) is 0. The zero-order chi connectivity index (χ0) is 12.9. The fraction of sp³-hybridized carbons (Fsp3) is 0. The maximum absolute atomic E-state index is 3.39. The number of rotatable bonds is 3. The fourth-order valence-corrected chi connectivity index (χ4v) is 4.34. The smallest absolute Gasteiger partial charge is 0 e. The third-order valence-corrected chi connectivity index (χ3v) is 5.35. The van der Waals surface area contributed by atoms with Gasteiger partial charge < -0.3 is 0 Å². The molecular formula is C18H14IrP-. The minimum atomic E-state index is -0.502. The molecule has 0 aromatic heterocycles. The Bertz CT molecular complexity index is 529. The molecular weight excluding hydrogens is 439 g/mol. The fourth-order valence-electron chi connectivity index (χ4n) is 2.10. The van der Waals surface area contributed by atoms with Crippen molar-refractivity contribution in [2.45, 2.75) is 0 Å². The van der Waals surface area contributed by atoms with Gasteiger partial charge in [-0.15, -0.1) is 5.30 Å². The van der Waals surface area contributed by atoms with E-state index in [4.69, 9.17) is 0 Å². The van der Waals surface area contributed by atoms with Gasteiger partial charge in [0, 0.05) is 20.1 Å². The molecule has 101 valence electrons. The average molecular weight is 454 g/mol. The summed E-state index contributed by atoms with van der Waals surface area (Å²) in [6.45, 7) is 0. The molecule has 0 unspecified atom stereocenters. The quantitative estimate of drug-likeness (QED) is 0.422. The Balaban J connectivity index is 0.00000147. The summed E-state index contributed by atoms with van der Waals surface area (Å²) in [6.07, 6.45) is 0. The minimum Gasteiger partial charge on any atom is -0.176 e. The van der Waals surface area contributed by atoms with E-state index in [9.17, 15) is 0 Å². The zero-order valence-electron chi connectivity index (χ0n) is 10.9. The molecule has 0 amide bonds. The Morgan fingerprint density at radius 2 is 1.10 bits per heavy atom. The monoisotopic (exact) mass is 454 g/mol. The van der Waals surface area contributed by atoms with E-state index in [1.807, 2.05) is 12.1 Å². The van der Waals surface area contributed by atoms with Crippen LogP contribution < -0.4 is 15.9 Å². The van der Waals surface area contributed by atoms with Crippen molar-refractivity contribution in [1.29, 1.82) is 0 Å². The van der Waals surface area contributed by atoms with E-state index in [0.29, 0.717) is 0 Å². The van der Waals surface area contributed by atoms with Gasteiger partial charge in [0.25, 0.3) is 0 Å². The van der Waals surface area contributed by atoms with Gasteiger partial charge in [-0.3, -0.25) is 0 Å². The van der Waals surface area contributed by atoms with E-state index in [1.54, 1.807) is 0 Å². The topological polar surface area (TPSA) is 0 Å². The van der Waals surface area contributed by atoms with Gasteiger partial charge >= 0.3 is 0 Å². The molecule has 0 nitrogen and oxygen atoms in total. The minimum absolute atomic E-state index is 0. The van der Waals surface area contributed by atoms with Crippen LogP contribution in [0.3, 0.4) is 0 Å². The van der Waals surface area contributed by atoms with Crippen LogP contribution in [-0.4, -0.2) is 0 Å². The Labute approximate surface area is 135 Å². The second-order valence-electron chi connectivity index (χ2n) is 4.25. The van der Waals surface area contributed by atoms with Crippen molar-refractivity contribution in [2.24, 2.45) is 0 Å². The Hall–Kier alpha value is -1.26. The zero-order valence-corrected chi connectivity index (χ0v) is 14.2. The number of benzene rings is 3. The molecule has 0 saturated carbocycles. The maximum Gasteiger partial charge on any atom is 0 e. The Morgan fingerprint density at radius 1 is 0.600 bits per heavy atom. The van der Waals surface area contributed by atoms with Gasteiger partial charge in [-0.05, 0) is 18.5 Å². The summed E-state index contributed by atoms with van der Waals surface area (Å²) in [5, 5.41) is 4.01. The van der Waals surface area contributed by atoms with Gasteiger partial charge in [-0.25, -0.2) is 0 Å². The first-order chi connectivity index (χ1) is 9.45. The molecule has 3 aromatic rings. The van der Waals surface area contributed by atoms with E-state index in [2.05, 4.69) is 78.9 Å². The van der Waals surface area contributed by atoms with Crippen LogP contribution in [0.15, 0.2) is 84.9 Å². The van der Waals surface area contributed by atoms with E-state index in [-0.39, 0.29) is 20.1 Å². The first-order valence-electron chi connectivity index (χ1n) is 6.32. The van der Waals surface area contributed by atoms with Crippen molar-refractivity contribution in [1.82, 2.24) is 0 Å². The second-order valence-corrected chi connectivity index (χ2v) is 6.44. The van der Waals surface area contributed by atoms with Gasteiger partial charge in [0.15, 0.2) is 0 Å². The van der Waals surface area contributed by atoms with Crippen LogP contribution in [-0.2, 0) is 20.1 Å². The molecule has 0 fully saturated rings. The third-order valence-electron chi connectivity index (χ3n) is 2.96. The Morgan fingerprint density at radius 3 is 1.55 bits per heavy atom. The second kappa shape index (κ2) is 7.50. The first kappa shape index (κ1) is 15.1. The van der Waals surface area contributed by atoms with Crippen LogP contribution in [0, 0.1) is 6.07 Å². The van der Waals surface area contributed by atoms with Crippen LogP contribution in [0.1, 0.15) is 0 Å². The third kappa shape index (κ3) is 3.44. The predicted molar refractivity (Wildman–Crippen MR) is 84.0 cm³/mol. The van der Waals surface area contributed by atoms with E-state index >= 15 is 0 Å². The summed E-state index contributed by atoms with van der Waals surface area (Å²) in [7, 11) is -0.502. The van der Waals surface area contributed by atoms with Gasteiger partial charge in [0.05, 0.1) is 0 Å². The molecule has 0 saturated heterocycles. The summed E-state index contributed by atoms with van der Waals surface area (Å²) in [6, 6.07) is 33.1. The van der Waals surface area contributed by atoms with Crippen LogP contribution in [0.4, 0.5) is 0 Å². The standard InChI is InChI=1S/C18H14P.Ir/c1-4-10-16(11-5-1)19(17-12-6-2-7-13-17)18-14-8-3-9-15-18;/h1-14H;/q-1;. The van der Waals surface area contributed by atoms with Gasteiger partial charge in [-0.1, -0.05) is 60.7 Å². The Kier molecular flexibility index (Phi) is 5.68. The molecule has 3 rings (SSSR count). The molecule has 0 atom stereocenters. The van der Waals surface area contributed by atoms with Gasteiger partial charge in [0.2, 0.25) is 0 Å². The molecule has 0 N–H and O–H groups in total. The summed E-state index contributed by atoms with van der Waals surface area (Å²) >= 11 is 0. The van der Waals surface area contributed by atoms with Crippen LogP contribution in [0.2, 0.25) is 0 Å². The summed E-state index contributed by atoms with van der Waals surface area (Å²) in [5.74, 6) is 0. The molecule has 3 aromatic carbocycles. The van der Waals surface area contributed by atoms with Crippen LogP contribution in [0.5, 0.6) is 0 Å². The number of hydrogen-bond donors (Lipinski definition) is 0. The molecule has 0 aliphatic rings. The molecule has 0 bridgehead atoms. The van der Waals surface area contributed by atoms with Gasteiger partial charge in [-0.2, -0.15) is 30.3 Å². The SMILES string of the molecule is [Ir].[c-]1ccccc1P(c1ccccc1)c1ccccc1. The van der Waals surface area contributed by atoms with Crippen molar-refractivity contribution in [2.75, 3.05) is 0 Å². The van der Waals surface area contributed by atoms with Crippen LogP contribution >= 0.6 is 7.92 Å².